The van der Waals surface area contributed by atoms with Gasteiger partial charge in [-0.05, 0) is 31.1 Å². The first-order valence-electron chi connectivity index (χ1n) is 7.52. The van der Waals surface area contributed by atoms with Gasteiger partial charge in [0.15, 0.2) is 6.04 Å². The maximum atomic E-state index is 11.7. The van der Waals surface area contributed by atoms with Crippen molar-refractivity contribution in [2.75, 3.05) is 6.61 Å². The maximum absolute atomic E-state index is 11.7. The molecule has 1 aliphatic heterocycles. The summed E-state index contributed by atoms with van der Waals surface area (Å²) < 4.78 is 5.72. The molecular weight excluding hydrogens is 310 g/mol. The predicted molar refractivity (Wildman–Crippen MR) is 88.3 cm³/mol. The second kappa shape index (κ2) is 6.67. The molecule has 0 radical (unpaired) electrons. The van der Waals surface area contributed by atoms with E-state index in [-0.39, 0.29) is 6.61 Å². The molecule has 1 unspecified atom stereocenters. The van der Waals surface area contributed by atoms with Crippen molar-refractivity contribution in [2.24, 2.45) is 4.99 Å². The summed E-state index contributed by atoms with van der Waals surface area (Å²) in [5, 5.41) is 14.2. The molecule has 3 N–H and O–H groups in total. The average molecular weight is 327 g/mol. The number of nitrogens with zero attached hydrogens (tertiary/aromatic N) is 1. The Morgan fingerprint density at radius 2 is 2.29 bits per heavy atom. The van der Waals surface area contributed by atoms with E-state index in [1.165, 1.54) is 0 Å². The lowest BCUT2D eigenvalue weighted by molar-refractivity contribution is -0.120. The van der Waals surface area contributed by atoms with Crippen molar-refractivity contribution < 1.29 is 19.1 Å². The molecule has 0 saturated carbocycles. The third-order valence-corrected chi connectivity index (χ3v) is 3.80. The molecule has 7 heteroatoms. The van der Waals surface area contributed by atoms with Crippen molar-refractivity contribution in [3.05, 3.63) is 52.6 Å². The van der Waals surface area contributed by atoms with Crippen LogP contribution in [0.25, 0.3) is 6.08 Å². The van der Waals surface area contributed by atoms with Crippen molar-refractivity contribution in [1.29, 1.82) is 0 Å². The van der Waals surface area contributed by atoms with Gasteiger partial charge >= 0.3 is 6.03 Å². The number of amides is 3. The zero-order chi connectivity index (χ0) is 17.1. The number of rotatable bonds is 4. The monoisotopic (exact) mass is 327 g/mol. The van der Waals surface area contributed by atoms with Crippen LogP contribution in [0, 0.1) is 0 Å². The van der Waals surface area contributed by atoms with Gasteiger partial charge in [-0.3, -0.25) is 15.1 Å². The SMILES string of the molecule is CC=N/C=C(\CO)C1=CCc2cc(C3NC(=O)NC3=O)oc2C=C1. The number of nitrogens with one attached hydrogen (secondary N) is 2. The van der Waals surface area contributed by atoms with Gasteiger partial charge in [0.1, 0.15) is 11.5 Å². The second-order valence-corrected chi connectivity index (χ2v) is 5.35. The zero-order valence-electron chi connectivity index (χ0n) is 13.1. The number of carbonyl (C=O) groups is 2. The Bertz CT molecular complexity index is 799. The number of allylic oxidation sites excluding steroid dienone is 2. The maximum Gasteiger partial charge on any atom is 0.322 e. The highest BCUT2D eigenvalue weighted by Gasteiger charge is 2.34. The molecule has 0 bridgehead atoms. The van der Waals surface area contributed by atoms with E-state index >= 15 is 0 Å². The molecule has 1 aromatic heterocycles. The minimum atomic E-state index is -0.798. The van der Waals surface area contributed by atoms with Gasteiger partial charge in [-0.15, -0.1) is 0 Å². The molecule has 1 atom stereocenters. The van der Waals surface area contributed by atoms with Gasteiger partial charge in [-0.2, -0.15) is 0 Å². The van der Waals surface area contributed by atoms with Crippen LogP contribution in [-0.2, 0) is 11.2 Å². The van der Waals surface area contributed by atoms with E-state index in [1.807, 2.05) is 12.2 Å². The number of aliphatic hydroxyl groups excluding tert-OH is 1. The van der Waals surface area contributed by atoms with E-state index < -0.39 is 18.0 Å². The molecule has 24 heavy (non-hydrogen) atoms. The Labute approximate surface area is 138 Å². The number of aliphatic imine (C=N–C) groups is 1. The van der Waals surface area contributed by atoms with Crippen molar-refractivity contribution >= 4 is 24.2 Å². The minimum absolute atomic E-state index is 0.117. The zero-order valence-corrected chi connectivity index (χ0v) is 13.1. The van der Waals surface area contributed by atoms with Crippen LogP contribution >= 0.6 is 0 Å². The summed E-state index contributed by atoms with van der Waals surface area (Å²) in [4.78, 5) is 27.0. The van der Waals surface area contributed by atoms with Gasteiger partial charge in [0, 0.05) is 23.6 Å². The highest BCUT2D eigenvalue weighted by atomic mass is 16.3. The van der Waals surface area contributed by atoms with Crippen LogP contribution in [0.2, 0.25) is 0 Å². The van der Waals surface area contributed by atoms with E-state index in [9.17, 15) is 14.7 Å². The number of urea groups is 1. The third kappa shape index (κ3) is 3.07. The summed E-state index contributed by atoms with van der Waals surface area (Å²) >= 11 is 0. The summed E-state index contributed by atoms with van der Waals surface area (Å²) in [7, 11) is 0. The molecular formula is C17H17N3O4. The molecule has 1 fully saturated rings. The summed E-state index contributed by atoms with van der Waals surface area (Å²) in [6.07, 6.45) is 9.42. The van der Waals surface area contributed by atoms with Crippen molar-refractivity contribution in [1.82, 2.24) is 10.6 Å². The van der Waals surface area contributed by atoms with Gasteiger partial charge < -0.3 is 14.8 Å². The second-order valence-electron chi connectivity index (χ2n) is 5.35. The van der Waals surface area contributed by atoms with E-state index in [4.69, 9.17) is 4.42 Å². The highest BCUT2D eigenvalue weighted by Crippen LogP contribution is 2.28. The number of fused-ring (bicyclic) bond motifs is 1. The Balaban J connectivity index is 1.84. The molecule has 2 heterocycles. The average Bonchev–Trinajstić information content (AvgIpc) is 3.06. The Hall–Kier alpha value is -2.93. The molecule has 0 spiro atoms. The molecule has 1 aromatic rings. The summed E-state index contributed by atoms with van der Waals surface area (Å²) in [6, 6.07) is 0.443. The number of hydrogen-bond donors (Lipinski definition) is 3. The smallest absolute Gasteiger partial charge is 0.322 e. The van der Waals surface area contributed by atoms with Crippen molar-refractivity contribution in [2.45, 2.75) is 19.4 Å². The van der Waals surface area contributed by atoms with E-state index in [0.29, 0.717) is 23.5 Å². The molecule has 0 aromatic carbocycles. The first-order valence-corrected chi connectivity index (χ1v) is 7.52. The lowest BCUT2D eigenvalue weighted by Gasteiger charge is -2.03. The fraction of sp³-hybridized carbons (Fsp3) is 0.235. The van der Waals surface area contributed by atoms with E-state index in [1.54, 1.807) is 31.5 Å². The molecule has 1 saturated heterocycles. The highest BCUT2D eigenvalue weighted by molar-refractivity contribution is 6.04. The lowest BCUT2D eigenvalue weighted by atomic mass is 10.1. The van der Waals surface area contributed by atoms with Crippen LogP contribution < -0.4 is 10.6 Å². The quantitative estimate of drug-likeness (QED) is 0.577. The minimum Gasteiger partial charge on any atom is -0.459 e. The number of aliphatic hydroxyl groups is 1. The predicted octanol–water partition coefficient (Wildman–Crippen LogP) is 1.62. The molecule has 124 valence electrons. The normalized spacial score (nSPS) is 20.7. The Morgan fingerprint density at radius 1 is 1.46 bits per heavy atom. The van der Waals surface area contributed by atoms with Gasteiger partial charge in [0.25, 0.3) is 5.91 Å². The van der Waals surface area contributed by atoms with Crippen molar-refractivity contribution in [3.8, 4) is 0 Å². The number of carbonyl (C=O) groups excluding carboxylic acids is 2. The summed E-state index contributed by atoms with van der Waals surface area (Å²) in [5.41, 5.74) is 2.47. The van der Waals surface area contributed by atoms with Crippen molar-refractivity contribution in [3.63, 3.8) is 0 Å². The van der Waals surface area contributed by atoms with E-state index in [2.05, 4.69) is 15.6 Å². The van der Waals surface area contributed by atoms with Crippen LogP contribution in [0.15, 0.2) is 45.0 Å². The number of imide groups is 1. The fourth-order valence-corrected chi connectivity index (χ4v) is 2.59. The van der Waals surface area contributed by atoms with Gasteiger partial charge in [0.05, 0.1) is 6.61 Å². The summed E-state index contributed by atoms with van der Waals surface area (Å²) in [6.45, 7) is 1.69. The lowest BCUT2D eigenvalue weighted by Crippen LogP contribution is -2.22. The third-order valence-electron chi connectivity index (χ3n) is 3.80. The van der Waals surface area contributed by atoms with Crippen LogP contribution in [0.3, 0.4) is 0 Å². The molecule has 3 rings (SSSR count). The molecule has 7 nitrogen and oxygen atoms in total. The number of hydrogen-bond acceptors (Lipinski definition) is 5. The summed E-state index contributed by atoms with van der Waals surface area (Å²) in [5.74, 6) is 0.604. The van der Waals surface area contributed by atoms with Gasteiger partial charge in [0.2, 0.25) is 0 Å². The van der Waals surface area contributed by atoms with Gasteiger partial charge in [-0.1, -0.05) is 12.2 Å². The van der Waals surface area contributed by atoms with Crippen LogP contribution in [0.1, 0.15) is 30.0 Å². The molecule has 1 aliphatic carbocycles. The fourth-order valence-electron chi connectivity index (χ4n) is 2.59. The first-order chi connectivity index (χ1) is 11.6. The van der Waals surface area contributed by atoms with Crippen LogP contribution in [0.4, 0.5) is 4.79 Å². The standard InChI is InChI=1S/C17H17N3O4/c1-2-18-8-12(9-21)10-3-4-11-7-14(24-13(11)6-5-10)15-16(22)20-17(23)19-15/h2-3,5-8,15,21H,4,9H2,1H3,(H2,19,20,22,23)/b12-8+,18-2?. The van der Waals surface area contributed by atoms with Crippen LogP contribution in [0.5, 0.6) is 0 Å². The Kier molecular flexibility index (Phi) is 4.43. The molecule has 2 aliphatic rings. The van der Waals surface area contributed by atoms with E-state index in [0.717, 1.165) is 11.1 Å². The number of furan rings is 1. The molecule has 3 amide bonds. The Morgan fingerprint density at radius 3 is 2.96 bits per heavy atom. The largest absolute Gasteiger partial charge is 0.459 e. The first kappa shape index (κ1) is 15.9. The van der Waals surface area contributed by atoms with Gasteiger partial charge in [-0.25, -0.2) is 4.79 Å². The topological polar surface area (TPSA) is 104 Å². The van der Waals surface area contributed by atoms with Crippen LogP contribution in [-0.4, -0.2) is 29.9 Å².